The van der Waals surface area contributed by atoms with Gasteiger partial charge in [-0.15, -0.1) is 15.3 Å². The van der Waals surface area contributed by atoms with Gasteiger partial charge in [0, 0.05) is 25.5 Å². The highest BCUT2D eigenvalue weighted by Crippen LogP contribution is 2.33. The molecule has 0 aliphatic heterocycles. The minimum atomic E-state index is -4.67. The maximum Gasteiger partial charge on any atom is 0.425 e. The molecule has 0 aromatic carbocycles. The first kappa shape index (κ1) is 24.7. The van der Waals surface area contributed by atoms with Crippen LogP contribution < -0.4 is 20.7 Å². The van der Waals surface area contributed by atoms with Crippen LogP contribution in [0.4, 0.5) is 22.0 Å². The minimum Gasteiger partial charge on any atom is -0.481 e. The Morgan fingerprint density at radius 1 is 1.11 bits per heavy atom. The second kappa shape index (κ2) is 9.35. The first-order valence-electron chi connectivity index (χ1n) is 10.1. The molecule has 2 atom stereocenters. The summed E-state index contributed by atoms with van der Waals surface area (Å²) in [4.78, 5) is 31.5. The number of ether oxygens (including phenoxy) is 2. The lowest BCUT2D eigenvalue weighted by molar-refractivity contribution is -0.189. The summed E-state index contributed by atoms with van der Waals surface area (Å²) in [5.74, 6) is -0.665. The van der Waals surface area contributed by atoms with Crippen LogP contribution in [0.3, 0.4) is 0 Å². The zero-order valence-corrected chi connectivity index (χ0v) is 18.4. The molecule has 36 heavy (non-hydrogen) atoms. The van der Waals surface area contributed by atoms with Gasteiger partial charge in [-0.2, -0.15) is 13.2 Å². The number of hydrogen-bond donors (Lipinski definition) is 2. The predicted molar refractivity (Wildman–Crippen MR) is 113 cm³/mol. The number of rotatable bonds is 7. The van der Waals surface area contributed by atoms with Gasteiger partial charge in [0.2, 0.25) is 12.0 Å². The van der Waals surface area contributed by atoms with Crippen LogP contribution in [0.15, 0.2) is 40.2 Å². The summed E-state index contributed by atoms with van der Waals surface area (Å²) in [6.07, 6.45) is -9.95. The Balaban J connectivity index is 1.71. The molecule has 0 spiro atoms. The van der Waals surface area contributed by atoms with Gasteiger partial charge in [-0.1, -0.05) is 0 Å². The van der Waals surface area contributed by atoms with E-state index in [2.05, 4.69) is 25.3 Å². The maximum atomic E-state index is 14.0. The van der Waals surface area contributed by atoms with Gasteiger partial charge in [0.25, 0.3) is 12.0 Å². The van der Waals surface area contributed by atoms with Crippen molar-refractivity contribution in [1.82, 2.24) is 34.9 Å². The average molecular weight is 513 g/mol. The average Bonchev–Trinajstić information content (AvgIpc) is 3.11. The molecule has 2 N–H and O–H groups in total. The topological polar surface area (TPSA) is 141 Å². The van der Waals surface area contributed by atoms with Gasteiger partial charge < -0.3 is 14.5 Å². The zero-order valence-electron chi connectivity index (χ0n) is 18.4. The molecular weight excluding hydrogens is 497 g/mol. The molecule has 11 nitrogen and oxygen atoms in total. The first-order chi connectivity index (χ1) is 16.9. The van der Waals surface area contributed by atoms with Gasteiger partial charge in [0.1, 0.15) is 11.4 Å². The van der Waals surface area contributed by atoms with E-state index >= 15 is 0 Å². The number of H-pyrrole nitrogens is 2. The fourth-order valence-corrected chi connectivity index (χ4v) is 3.13. The van der Waals surface area contributed by atoms with E-state index in [1.54, 1.807) is 0 Å². The lowest BCUT2D eigenvalue weighted by Gasteiger charge is -2.20. The zero-order chi connectivity index (χ0) is 26.2. The number of alkyl halides is 5. The molecular formula is C20H16F5N7O4. The van der Waals surface area contributed by atoms with E-state index in [1.807, 2.05) is 4.98 Å². The van der Waals surface area contributed by atoms with E-state index in [0.717, 1.165) is 31.5 Å². The molecule has 4 rings (SSSR count). The third-order valence-electron chi connectivity index (χ3n) is 4.93. The highest BCUT2D eigenvalue weighted by molar-refractivity contribution is 5.84. The Morgan fingerprint density at radius 2 is 1.86 bits per heavy atom. The number of aromatic amines is 2. The van der Waals surface area contributed by atoms with Crippen molar-refractivity contribution in [2.24, 2.45) is 7.05 Å². The van der Waals surface area contributed by atoms with Crippen molar-refractivity contribution in [3.8, 4) is 22.9 Å². The van der Waals surface area contributed by atoms with Crippen LogP contribution in [-0.2, 0) is 7.05 Å². The third kappa shape index (κ3) is 5.01. The van der Waals surface area contributed by atoms with Crippen LogP contribution in [0, 0.1) is 0 Å². The summed E-state index contributed by atoms with van der Waals surface area (Å²) < 4.78 is 77.8. The number of aryl methyl sites for hydroxylation is 1. The Hall–Kier alpha value is -4.37. The molecule has 0 aliphatic carbocycles. The van der Waals surface area contributed by atoms with E-state index in [4.69, 9.17) is 9.47 Å². The largest absolute Gasteiger partial charge is 0.481 e. The lowest BCUT2D eigenvalue weighted by atomic mass is 10.2. The van der Waals surface area contributed by atoms with Gasteiger partial charge in [0.15, 0.2) is 11.8 Å². The van der Waals surface area contributed by atoms with E-state index in [-0.39, 0.29) is 33.9 Å². The Kier molecular flexibility index (Phi) is 6.43. The molecule has 0 saturated carbocycles. The summed E-state index contributed by atoms with van der Waals surface area (Å²) >= 11 is 0. The second-order valence-corrected chi connectivity index (χ2v) is 7.47. The third-order valence-corrected chi connectivity index (χ3v) is 4.93. The fourth-order valence-electron chi connectivity index (χ4n) is 3.13. The Bertz CT molecular complexity index is 1510. The van der Waals surface area contributed by atoms with Gasteiger partial charge in [-0.25, -0.2) is 18.3 Å². The monoisotopic (exact) mass is 513 g/mol. The molecule has 0 amide bonds. The predicted octanol–water partition coefficient (Wildman–Crippen LogP) is 2.52. The standard InChI is InChI=1S/C20H16F5N7O4/c1-8(20(23,24)25)35-9-3-4-26-13(5-9)14(15(21)22)36-18-10-6-12(29-30-16(10)32(2)31-18)11-7-27-19(34)28-17(11)33/h3-8,14-15H,1-2H3,(H2,27,28,33,34)/t8?,14-/m1/s1. The number of nitrogens with one attached hydrogen (secondary N) is 2. The van der Waals surface area contributed by atoms with E-state index in [0.29, 0.717) is 0 Å². The number of pyridine rings is 1. The highest BCUT2D eigenvalue weighted by atomic mass is 19.4. The van der Waals surface area contributed by atoms with E-state index < -0.39 is 41.8 Å². The van der Waals surface area contributed by atoms with Crippen LogP contribution in [0.2, 0.25) is 0 Å². The van der Waals surface area contributed by atoms with Crippen molar-refractivity contribution in [1.29, 1.82) is 0 Å². The van der Waals surface area contributed by atoms with E-state index in [9.17, 15) is 31.5 Å². The van der Waals surface area contributed by atoms with Gasteiger partial charge in [-0.3, -0.25) is 14.8 Å². The van der Waals surface area contributed by atoms with Crippen molar-refractivity contribution in [2.75, 3.05) is 0 Å². The van der Waals surface area contributed by atoms with Crippen LogP contribution in [-0.4, -0.2) is 53.6 Å². The molecule has 0 fully saturated rings. The quantitative estimate of drug-likeness (QED) is 0.359. The van der Waals surface area contributed by atoms with Gasteiger partial charge in [0.05, 0.1) is 16.6 Å². The summed E-state index contributed by atoms with van der Waals surface area (Å²) in [7, 11) is 1.44. The van der Waals surface area contributed by atoms with Crippen LogP contribution in [0.1, 0.15) is 18.7 Å². The molecule has 1 unspecified atom stereocenters. The number of hydrogen-bond acceptors (Lipinski definition) is 8. The van der Waals surface area contributed by atoms with Crippen LogP contribution in [0.25, 0.3) is 22.3 Å². The Labute approximate surface area is 196 Å². The number of nitrogens with zero attached hydrogens (tertiary/aromatic N) is 5. The lowest BCUT2D eigenvalue weighted by Crippen LogP contribution is -2.31. The van der Waals surface area contributed by atoms with Crippen molar-refractivity contribution >= 4 is 11.0 Å². The number of fused-ring (bicyclic) bond motifs is 1. The molecule has 190 valence electrons. The number of aromatic nitrogens is 7. The smallest absolute Gasteiger partial charge is 0.425 e. The molecule has 0 radical (unpaired) electrons. The van der Waals surface area contributed by atoms with Gasteiger partial charge in [-0.05, 0) is 19.1 Å². The second-order valence-electron chi connectivity index (χ2n) is 7.47. The molecule has 4 heterocycles. The highest BCUT2D eigenvalue weighted by Gasteiger charge is 2.38. The molecule has 16 heteroatoms. The molecule has 0 aliphatic rings. The normalized spacial score (nSPS) is 13.7. The summed E-state index contributed by atoms with van der Waals surface area (Å²) in [6.45, 7) is 0.771. The van der Waals surface area contributed by atoms with Crippen molar-refractivity contribution < 1.29 is 31.4 Å². The number of halogens is 5. The first-order valence-corrected chi connectivity index (χ1v) is 10.1. The fraction of sp³-hybridized carbons (Fsp3) is 0.300. The van der Waals surface area contributed by atoms with Crippen LogP contribution in [0.5, 0.6) is 11.6 Å². The maximum absolute atomic E-state index is 14.0. The summed E-state index contributed by atoms with van der Waals surface area (Å²) in [6, 6.07) is 3.30. The molecule has 4 aromatic heterocycles. The molecule has 0 saturated heterocycles. The molecule has 0 bridgehead atoms. The van der Waals surface area contributed by atoms with Crippen LogP contribution >= 0.6 is 0 Å². The van der Waals surface area contributed by atoms with E-state index in [1.165, 1.54) is 17.8 Å². The minimum absolute atomic E-state index is 0.0129. The SMILES string of the molecule is CC(Oc1ccnc([C@@H](Oc2nn(C)c3nnc(-c4c[nH]c(=O)[nH]c4=O)cc23)C(F)F)c1)C(F)(F)F. The van der Waals surface area contributed by atoms with Crippen molar-refractivity contribution in [3.63, 3.8) is 0 Å². The van der Waals surface area contributed by atoms with Gasteiger partial charge >= 0.3 is 11.9 Å². The molecule has 4 aromatic rings. The Morgan fingerprint density at radius 3 is 2.53 bits per heavy atom. The summed E-state index contributed by atoms with van der Waals surface area (Å²) in [5, 5.41) is 11.9. The summed E-state index contributed by atoms with van der Waals surface area (Å²) in [5.41, 5.74) is -1.87. The van der Waals surface area contributed by atoms with Crippen molar-refractivity contribution in [2.45, 2.75) is 31.7 Å². The van der Waals surface area contributed by atoms with Crippen molar-refractivity contribution in [3.05, 3.63) is 57.1 Å².